The lowest BCUT2D eigenvalue weighted by Crippen LogP contribution is -2.70. The van der Waals surface area contributed by atoms with Crippen LogP contribution in [0.2, 0.25) is 0 Å². The first-order valence-electron chi connectivity index (χ1n) is 48.9. The molecule has 21 heteroatoms. The van der Waals surface area contributed by atoms with Crippen LogP contribution in [0.25, 0.3) is 10.8 Å². The van der Waals surface area contributed by atoms with Crippen molar-refractivity contribution >= 4 is 98.1 Å². The van der Waals surface area contributed by atoms with Gasteiger partial charge in [-0.3, -0.25) is 28.8 Å². The van der Waals surface area contributed by atoms with Crippen LogP contribution < -0.4 is 19.9 Å². The van der Waals surface area contributed by atoms with E-state index in [1.165, 1.54) is 90.3 Å². The Morgan fingerprint density at radius 1 is 0.686 bits per heavy atom. The van der Waals surface area contributed by atoms with Crippen LogP contribution in [0.5, 0.6) is 5.75 Å². The Balaban J connectivity index is 0.000000189. The molecule has 4 unspecified atom stereocenters. The van der Waals surface area contributed by atoms with Gasteiger partial charge in [-0.2, -0.15) is 0 Å². The molecule has 8 aromatic carbocycles. The van der Waals surface area contributed by atoms with Gasteiger partial charge in [0.2, 0.25) is 0 Å². The van der Waals surface area contributed by atoms with E-state index in [0.29, 0.717) is 96.4 Å². The average Bonchev–Trinajstić information content (AvgIpc) is 1.53. The monoisotopic (exact) mass is 1910 g/mol. The van der Waals surface area contributed by atoms with Gasteiger partial charge >= 0.3 is 17.9 Å². The fourth-order valence-corrected chi connectivity index (χ4v) is 21.1. The van der Waals surface area contributed by atoms with Gasteiger partial charge in [0.15, 0.2) is 34.4 Å². The number of likely N-dealkylation sites (N-methyl/N-ethyl adjacent to an activating group) is 2. The molecule has 1 amide bonds. The number of ether oxygens (including phenoxy) is 2. The number of allylic oxidation sites excluding steroid dienone is 9. The maximum atomic E-state index is 17.2. The molecule has 8 aromatic rings. The molecule has 734 valence electrons. The number of ketones is 4. The highest BCUT2D eigenvalue weighted by Gasteiger charge is 2.77. The van der Waals surface area contributed by atoms with Crippen LogP contribution in [-0.2, 0) is 33.7 Å². The minimum absolute atomic E-state index is 0.00526. The third kappa shape index (κ3) is 28.1. The molecular formula is C116H146ClFN4O14S. The molecule has 6 aliphatic rings. The van der Waals surface area contributed by atoms with Crippen LogP contribution in [0.1, 0.15) is 247 Å². The molecule has 0 saturated heterocycles. The van der Waals surface area contributed by atoms with Crippen molar-refractivity contribution in [2.24, 2.45) is 46.3 Å². The van der Waals surface area contributed by atoms with E-state index in [1.807, 2.05) is 113 Å². The van der Waals surface area contributed by atoms with Crippen LogP contribution in [0.4, 0.5) is 21.5 Å². The molecule has 3 fully saturated rings. The van der Waals surface area contributed by atoms with Crippen molar-refractivity contribution in [3.05, 3.63) is 287 Å². The maximum absolute atomic E-state index is 17.2. The fraction of sp³-hybridized carbons (Fsp3) is 0.448. The van der Waals surface area contributed by atoms with Gasteiger partial charge in [-0.25, -0.2) is 23.8 Å². The number of aryl methyl sites for hydroxylation is 1. The lowest BCUT2D eigenvalue weighted by Gasteiger charge is -2.62. The van der Waals surface area contributed by atoms with E-state index in [2.05, 4.69) is 161 Å². The van der Waals surface area contributed by atoms with E-state index in [1.54, 1.807) is 117 Å². The van der Waals surface area contributed by atoms with E-state index in [-0.39, 0.29) is 59.6 Å². The molecule has 12 atom stereocenters. The summed E-state index contributed by atoms with van der Waals surface area (Å²) in [7, 11) is 4.28. The number of nitrogens with one attached hydrogen (secondary N) is 1. The number of nitrogens with zero attached hydrogens (tertiary/aromatic N) is 3. The Morgan fingerprint density at radius 2 is 1.23 bits per heavy atom. The topological polar surface area (TPSA) is 236 Å². The zero-order valence-electron chi connectivity index (χ0n) is 83.7. The first-order valence-corrected chi connectivity index (χ1v) is 50.3. The van der Waals surface area contributed by atoms with Crippen LogP contribution in [0, 0.1) is 53.3 Å². The predicted molar refractivity (Wildman–Crippen MR) is 552 cm³/mol. The molecule has 0 spiro atoms. The number of fused-ring (bicyclic) bond motifs is 9. The third-order valence-corrected chi connectivity index (χ3v) is 29.2. The average molecular weight is 1910 g/mol. The quantitative estimate of drug-likeness (QED) is 0.00887. The van der Waals surface area contributed by atoms with Crippen molar-refractivity contribution in [2.45, 2.75) is 252 Å². The number of amides is 1. The van der Waals surface area contributed by atoms with E-state index >= 15 is 4.39 Å². The standard InChI is InChI=1S/C31H46O2.C25H32ClFO5.C17H20N2S.C16H21NO2.C14H10O4.C13H17NO/c1-22(2)12-9-13-23(3)14-10-15-24(4)16-11-17-25(5)20-21-27-26(6)30(32)28-18-7-8-19-29(28)31(27)33;1-5-21(31)32-25(20(30)13-26)14(2)10-18-17-7-6-15-11-16(28)8-9-22(15,3)24(17,27)19(29)12-23(18,25)4;1-13(18(2)3)12-19-14-8-4-6-10-16(14)20-17-11-7-5-9-15(17)19;1-12(2)17-10-14(18)11-19-16-9-5-7-13-6-3-4-8-15(13)16;15-13(11-7-3-1-4-8-11)17-18-14(16)12-9-5-2-6-10-12;1-4-8-13(15)14(5-2)12-10-7-6-9-11(12)3/h7-8,18-20,22-24H,9-17,21H2,1-6H3;8-9,11,14,17-19,29H,5-7,10,12-13H2,1-4H3;4-11,13H,12H2,1-3H3;3-9,12,14,17-18H,10-11H2,1-2H3;1-10H;4,6-10H,5H2,1-3H3/b;;;;;8-4+/t;14-,17-,18-,19-,22-,23-,24-,25-;;;;/m.0..../s1. The van der Waals surface area contributed by atoms with Crippen LogP contribution in [0.15, 0.2) is 269 Å². The number of hydrogen-bond acceptors (Lipinski definition) is 18. The molecule has 137 heavy (non-hydrogen) atoms. The summed E-state index contributed by atoms with van der Waals surface area (Å²) in [5, 5.41) is 26.7. The first-order chi connectivity index (χ1) is 65.4. The summed E-state index contributed by atoms with van der Waals surface area (Å²) in [6.07, 6.45) is 21.9. The molecule has 3 N–H and O–H groups in total. The second-order valence-electron chi connectivity index (χ2n) is 38.8. The number of halogens is 2. The van der Waals surface area contributed by atoms with Gasteiger partial charge < -0.3 is 39.7 Å². The third-order valence-electron chi connectivity index (χ3n) is 27.9. The lowest BCUT2D eigenvalue weighted by molar-refractivity contribution is -0.227. The fourth-order valence-electron chi connectivity index (χ4n) is 19.8. The Morgan fingerprint density at radius 3 is 1.80 bits per heavy atom. The van der Waals surface area contributed by atoms with E-state index in [0.717, 1.165) is 58.5 Å². The largest absolute Gasteiger partial charge is 0.490 e. The number of anilines is 3. The van der Waals surface area contributed by atoms with Gasteiger partial charge in [0.25, 0.3) is 5.91 Å². The van der Waals surface area contributed by atoms with Crippen LogP contribution in [0.3, 0.4) is 0 Å². The Kier molecular flexibility index (Phi) is 42.0. The minimum Gasteiger partial charge on any atom is -0.490 e. The molecule has 1 heterocycles. The molecule has 0 radical (unpaired) electrons. The Labute approximate surface area is 822 Å². The number of alkyl halides is 2. The predicted octanol–water partition coefficient (Wildman–Crippen LogP) is 25.6. The summed E-state index contributed by atoms with van der Waals surface area (Å²) in [5.74, 6) is -0.649. The number of benzene rings is 8. The zero-order valence-corrected chi connectivity index (χ0v) is 85.3. The number of aliphatic hydroxyl groups is 2. The van der Waals surface area contributed by atoms with Crippen molar-refractivity contribution in [1.29, 1.82) is 0 Å². The van der Waals surface area contributed by atoms with Crippen molar-refractivity contribution in [1.82, 2.24) is 10.2 Å². The highest BCUT2D eigenvalue weighted by molar-refractivity contribution is 7.99. The molecule has 3 saturated carbocycles. The van der Waals surface area contributed by atoms with Crippen molar-refractivity contribution in [3.8, 4) is 5.75 Å². The Bertz CT molecular complexity index is 5450. The number of rotatable bonds is 32. The summed E-state index contributed by atoms with van der Waals surface area (Å²) in [6, 6.07) is 63.9. The summed E-state index contributed by atoms with van der Waals surface area (Å²) in [4.78, 5) is 116. The highest BCUT2D eigenvalue weighted by atomic mass is 35.5. The van der Waals surface area contributed by atoms with E-state index in [9.17, 15) is 48.6 Å². The highest BCUT2D eigenvalue weighted by Crippen LogP contribution is 2.72. The van der Waals surface area contributed by atoms with Gasteiger partial charge in [-0.1, -0.05) is 288 Å². The van der Waals surface area contributed by atoms with Gasteiger partial charge in [0.05, 0.1) is 34.5 Å². The number of carbonyl (C=O) groups is 8. The lowest BCUT2D eigenvalue weighted by atomic mass is 9.44. The number of aliphatic hydroxyl groups excluding tert-OH is 2. The van der Waals surface area contributed by atoms with E-state index < -0.39 is 58.1 Å². The first kappa shape index (κ1) is 110. The molecule has 14 rings (SSSR count). The zero-order chi connectivity index (χ0) is 99.9. The summed E-state index contributed by atoms with van der Waals surface area (Å²) < 4.78 is 28.8. The normalized spacial score (nSPS) is 21.4. The van der Waals surface area contributed by atoms with Crippen molar-refractivity contribution in [3.63, 3.8) is 0 Å². The van der Waals surface area contributed by atoms with Gasteiger partial charge in [-0.05, 0) is 221 Å². The molecular weight excluding hydrogens is 1760 g/mol. The number of hydrogen-bond donors (Lipinski definition) is 3. The van der Waals surface area contributed by atoms with Gasteiger partial charge in [0.1, 0.15) is 18.5 Å². The van der Waals surface area contributed by atoms with Crippen LogP contribution >= 0.6 is 23.4 Å². The Hall–Kier alpha value is -10.7. The number of para-hydroxylation sites is 3. The number of carbonyl (C=O) groups excluding carboxylic acids is 8. The molecule has 18 nitrogen and oxygen atoms in total. The second-order valence-corrected chi connectivity index (χ2v) is 40.1. The number of esters is 1. The van der Waals surface area contributed by atoms with Crippen LogP contribution in [-0.4, -0.2) is 144 Å². The molecule has 0 bridgehead atoms. The molecule has 1 aliphatic heterocycles. The van der Waals surface area contributed by atoms with Crippen molar-refractivity contribution < 1.29 is 72.2 Å². The van der Waals surface area contributed by atoms with Gasteiger partial charge in [-0.15, -0.1) is 11.6 Å². The number of Topliss-reactive ketones (excluding diaryl/α,β-unsaturated/α-hetero) is 3. The minimum atomic E-state index is -1.99. The molecule has 5 aliphatic carbocycles. The van der Waals surface area contributed by atoms with Crippen molar-refractivity contribution in [2.75, 3.05) is 56.0 Å². The maximum Gasteiger partial charge on any atom is 0.386 e. The van der Waals surface area contributed by atoms with E-state index in [4.69, 9.17) is 21.1 Å². The smallest absolute Gasteiger partial charge is 0.386 e. The SMILES string of the molecule is C/C=C/C(=O)N(CC)c1ccccc1C.CC(=CCC1=C(C)C(=O)c2ccccc2C1=O)CCCC(C)CCCC(C)CCCC(C)C.CC(C)NCC(O)COc1cccc2ccccc12.CC(CN1c2ccccc2Sc2ccccc21)N(C)C.CCC(=O)O[C@]1(C(=O)CCl)[C@@H](C)C[C@H]2[C@@H]3CCC4=CC(=O)C=C[C@]4(C)[C@@]3(F)[C@@H](O)C[C@@]21C.O=C(OOC(=O)c1ccccc1)c1ccccc1. The summed E-state index contributed by atoms with van der Waals surface area (Å²) in [6.45, 7) is 35.3. The summed E-state index contributed by atoms with van der Waals surface area (Å²) >= 11 is 7.88. The van der Waals surface area contributed by atoms with Gasteiger partial charge in [0, 0.05) is 104 Å². The molecule has 0 aromatic heterocycles. The second kappa shape index (κ2) is 52.3. The summed E-state index contributed by atoms with van der Waals surface area (Å²) in [5.41, 5.74) is 4.25.